The number of hydrogen-bond acceptors (Lipinski definition) is 3. The Bertz CT molecular complexity index is 356. The van der Waals surface area contributed by atoms with Crippen LogP contribution in [-0.4, -0.2) is 45.2 Å². The fraction of sp³-hybridized carbons (Fsp3) is 0.846. The van der Waals surface area contributed by atoms with Crippen molar-refractivity contribution < 1.29 is 14.7 Å². The lowest BCUT2D eigenvalue weighted by atomic mass is 9.87. The molecule has 0 aromatic rings. The van der Waals surface area contributed by atoms with E-state index in [1.165, 1.54) is 16.7 Å². The van der Waals surface area contributed by atoms with Gasteiger partial charge in [0.1, 0.15) is 6.04 Å². The normalized spacial score (nSPS) is 35.2. The van der Waals surface area contributed by atoms with Crippen molar-refractivity contribution in [2.45, 2.75) is 57.0 Å². The number of amides is 2. The van der Waals surface area contributed by atoms with Gasteiger partial charge >= 0.3 is 12.0 Å². The van der Waals surface area contributed by atoms with Crippen LogP contribution in [0.25, 0.3) is 0 Å². The number of carboxylic acids is 1. The van der Waals surface area contributed by atoms with E-state index in [4.69, 9.17) is 5.11 Å². The van der Waals surface area contributed by atoms with Crippen LogP contribution in [0, 0.1) is 5.92 Å². The van der Waals surface area contributed by atoms with Crippen molar-refractivity contribution in [3.05, 3.63) is 0 Å². The van der Waals surface area contributed by atoms with Crippen molar-refractivity contribution in [2.75, 3.05) is 5.75 Å². The monoisotopic (exact) mass is 286 g/mol. The van der Waals surface area contributed by atoms with Gasteiger partial charge in [0.25, 0.3) is 0 Å². The lowest BCUT2D eigenvalue weighted by Crippen LogP contribution is -2.52. The summed E-state index contributed by atoms with van der Waals surface area (Å²) in [6.45, 7) is 4.12. The highest BCUT2D eigenvalue weighted by atomic mass is 32.2. The second-order valence-corrected chi connectivity index (χ2v) is 6.95. The van der Waals surface area contributed by atoms with Crippen molar-refractivity contribution in [1.82, 2.24) is 10.2 Å². The predicted molar refractivity (Wildman–Crippen MR) is 75.1 cm³/mol. The van der Waals surface area contributed by atoms with E-state index in [2.05, 4.69) is 12.2 Å². The molecule has 0 radical (unpaired) electrons. The summed E-state index contributed by atoms with van der Waals surface area (Å²) in [6.07, 6.45) is 4.27. The first kappa shape index (κ1) is 14.5. The summed E-state index contributed by atoms with van der Waals surface area (Å²) in [5.41, 5.74) is 0. The van der Waals surface area contributed by atoms with E-state index in [0.29, 0.717) is 5.75 Å². The SMILES string of the molecule is CC1CCC(NC(=O)N2C(C)SCC2C(=O)O)CC1. The molecule has 0 spiro atoms. The Balaban J connectivity index is 1.93. The summed E-state index contributed by atoms with van der Waals surface area (Å²) >= 11 is 1.52. The van der Waals surface area contributed by atoms with Crippen LogP contribution in [0.15, 0.2) is 0 Å². The van der Waals surface area contributed by atoms with Crippen molar-refractivity contribution in [2.24, 2.45) is 5.92 Å². The molecule has 1 saturated carbocycles. The first-order valence-electron chi connectivity index (χ1n) is 6.92. The molecule has 2 unspecified atom stereocenters. The van der Waals surface area contributed by atoms with E-state index >= 15 is 0 Å². The molecule has 108 valence electrons. The van der Waals surface area contributed by atoms with E-state index in [9.17, 15) is 9.59 Å². The highest BCUT2D eigenvalue weighted by Crippen LogP contribution is 2.29. The summed E-state index contributed by atoms with van der Waals surface area (Å²) in [5.74, 6) is 0.302. The van der Waals surface area contributed by atoms with E-state index < -0.39 is 12.0 Å². The molecule has 2 fully saturated rings. The van der Waals surface area contributed by atoms with Crippen molar-refractivity contribution in [3.63, 3.8) is 0 Å². The third-order valence-electron chi connectivity index (χ3n) is 4.09. The highest BCUT2D eigenvalue weighted by Gasteiger charge is 2.40. The van der Waals surface area contributed by atoms with Gasteiger partial charge in [0.2, 0.25) is 0 Å². The van der Waals surface area contributed by atoms with Gasteiger partial charge in [-0.15, -0.1) is 11.8 Å². The molecule has 2 atom stereocenters. The van der Waals surface area contributed by atoms with Crippen LogP contribution in [0.5, 0.6) is 0 Å². The quantitative estimate of drug-likeness (QED) is 0.816. The highest BCUT2D eigenvalue weighted by molar-refractivity contribution is 8.00. The molecule has 2 N–H and O–H groups in total. The minimum atomic E-state index is -0.913. The summed E-state index contributed by atoms with van der Waals surface area (Å²) < 4.78 is 0. The van der Waals surface area contributed by atoms with E-state index in [1.54, 1.807) is 0 Å². The van der Waals surface area contributed by atoms with Crippen LogP contribution in [0.3, 0.4) is 0 Å². The summed E-state index contributed by atoms with van der Waals surface area (Å²) in [7, 11) is 0. The van der Waals surface area contributed by atoms with E-state index in [-0.39, 0.29) is 17.4 Å². The first-order valence-corrected chi connectivity index (χ1v) is 7.97. The molecular weight excluding hydrogens is 264 g/mol. The lowest BCUT2D eigenvalue weighted by molar-refractivity contribution is -0.141. The van der Waals surface area contributed by atoms with Gasteiger partial charge in [0.15, 0.2) is 0 Å². The van der Waals surface area contributed by atoms with Gasteiger partial charge in [-0.3, -0.25) is 4.90 Å². The molecule has 0 aromatic heterocycles. The molecule has 5 nitrogen and oxygen atoms in total. The Morgan fingerprint density at radius 2 is 1.84 bits per heavy atom. The molecule has 19 heavy (non-hydrogen) atoms. The summed E-state index contributed by atoms with van der Waals surface area (Å²) in [4.78, 5) is 24.9. The fourth-order valence-electron chi connectivity index (χ4n) is 2.79. The van der Waals surface area contributed by atoms with Gasteiger partial charge in [-0.25, -0.2) is 9.59 Å². The second kappa shape index (κ2) is 6.03. The Morgan fingerprint density at radius 1 is 1.21 bits per heavy atom. The largest absolute Gasteiger partial charge is 0.480 e. The zero-order chi connectivity index (χ0) is 14.0. The number of nitrogens with one attached hydrogen (secondary N) is 1. The van der Waals surface area contributed by atoms with Crippen LogP contribution in [0.1, 0.15) is 39.5 Å². The molecule has 1 heterocycles. The average Bonchev–Trinajstić information content (AvgIpc) is 2.74. The first-order chi connectivity index (χ1) is 8.99. The molecular formula is C13H22N2O3S. The van der Waals surface area contributed by atoms with Crippen LogP contribution in [-0.2, 0) is 4.79 Å². The van der Waals surface area contributed by atoms with Crippen molar-refractivity contribution >= 4 is 23.8 Å². The molecule has 2 amide bonds. The summed E-state index contributed by atoms with van der Waals surface area (Å²) in [5, 5.41) is 12.1. The molecule has 0 aromatic carbocycles. The van der Waals surface area contributed by atoms with Crippen molar-refractivity contribution in [1.29, 1.82) is 0 Å². The maximum absolute atomic E-state index is 12.3. The van der Waals surface area contributed by atoms with Crippen LogP contribution in [0.4, 0.5) is 4.79 Å². The maximum Gasteiger partial charge on any atom is 0.327 e. The number of thioether (sulfide) groups is 1. The van der Waals surface area contributed by atoms with Gasteiger partial charge in [-0.1, -0.05) is 6.92 Å². The summed E-state index contributed by atoms with van der Waals surface area (Å²) in [6, 6.07) is -0.706. The van der Waals surface area contributed by atoms with Gasteiger partial charge < -0.3 is 10.4 Å². The van der Waals surface area contributed by atoms with Crippen molar-refractivity contribution in [3.8, 4) is 0 Å². The number of aliphatic carboxylic acids is 1. The Kier molecular flexibility index (Phi) is 4.60. The number of hydrogen-bond donors (Lipinski definition) is 2. The van der Waals surface area contributed by atoms with Crippen LogP contribution in [0.2, 0.25) is 0 Å². The smallest absolute Gasteiger partial charge is 0.327 e. The Morgan fingerprint density at radius 3 is 2.42 bits per heavy atom. The van der Waals surface area contributed by atoms with E-state index in [1.807, 2.05) is 6.92 Å². The second-order valence-electron chi connectivity index (χ2n) is 5.60. The zero-order valence-corrected chi connectivity index (χ0v) is 12.3. The lowest BCUT2D eigenvalue weighted by Gasteiger charge is -2.31. The van der Waals surface area contributed by atoms with Gasteiger partial charge in [-0.05, 0) is 38.5 Å². The molecule has 1 aliphatic heterocycles. The molecule has 0 bridgehead atoms. The minimum absolute atomic E-state index is 0.0661. The topological polar surface area (TPSA) is 69.6 Å². The number of rotatable bonds is 2. The molecule has 1 saturated heterocycles. The number of nitrogens with zero attached hydrogens (tertiary/aromatic N) is 1. The predicted octanol–water partition coefficient (Wildman–Crippen LogP) is 2.12. The van der Waals surface area contributed by atoms with Crippen LogP contribution < -0.4 is 5.32 Å². The Labute approximate surface area is 118 Å². The third-order valence-corrected chi connectivity index (χ3v) is 5.30. The molecule has 2 aliphatic rings. The fourth-order valence-corrected chi connectivity index (χ4v) is 3.96. The number of carboxylic acid groups (broad SMARTS) is 1. The number of carbonyl (C=O) groups is 2. The minimum Gasteiger partial charge on any atom is -0.480 e. The Hall–Kier alpha value is -0.910. The average molecular weight is 286 g/mol. The van der Waals surface area contributed by atoms with Gasteiger partial charge in [0, 0.05) is 11.8 Å². The molecule has 1 aliphatic carbocycles. The molecule has 6 heteroatoms. The van der Waals surface area contributed by atoms with E-state index in [0.717, 1.165) is 31.6 Å². The van der Waals surface area contributed by atoms with Gasteiger partial charge in [-0.2, -0.15) is 0 Å². The number of urea groups is 1. The van der Waals surface area contributed by atoms with Gasteiger partial charge in [0.05, 0.1) is 5.37 Å². The molecule has 2 rings (SSSR count). The third kappa shape index (κ3) is 3.35. The maximum atomic E-state index is 12.3. The number of carbonyl (C=O) groups excluding carboxylic acids is 1. The van der Waals surface area contributed by atoms with Crippen LogP contribution >= 0.6 is 11.8 Å². The zero-order valence-electron chi connectivity index (χ0n) is 11.5. The standard InChI is InChI=1S/C13H22N2O3S/c1-8-3-5-10(6-4-8)14-13(18)15-9(2)19-7-11(15)12(16)17/h8-11H,3-7H2,1-2H3,(H,14,18)(H,16,17).